The molecule has 0 radical (unpaired) electrons. The molecule has 0 atom stereocenters. The number of hydrogen-bond acceptors (Lipinski definition) is 2. The average Bonchev–Trinajstić information content (AvgIpc) is 2.30. The summed E-state index contributed by atoms with van der Waals surface area (Å²) in [5, 5.41) is 9.17. The Hall–Kier alpha value is -1.33. The molecule has 0 N–H and O–H groups in total. The molecule has 0 aliphatic rings. The fourth-order valence-corrected chi connectivity index (χ4v) is 1.88. The molecule has 0 saturated heterocycles. The maximum absolute atomic E-state index is 9.17. The van der Waals surface area contributed by atoms with E-state index in [9.17, 15) is 5.26 Å². The summed E-state index contributed by atoms with van der Waals surface area (Å²) < 4.78 is 0. The third-order valence-electron chi connectivity index (χ3n) is 3.84. The van der Waals surface area contributed by atoms with Gasteiger partial charge in [-0.3, -0.25) is 4.90 Å². The van der Waals surface area contributed by atoms with Crippen molar-refractivity contribution in [2.75, 3.05) is 7.05 Å². The molecule has 0 aliphatic carbocycles. The van der Waals surface area contributed by atoms with E-state index in [0.29, 0.717) is 0 Å². The van der Waals surface area contributed by atoms with Crippen LogP contribution in [0.2, 0.25) is 0 Å². The van der Waals surface area contributed by atoms with Gasteiger partial charge in [-0.25, -0.2) is 0 Å². The molecular formula is C17H26N2. The van der Waals surface area contributed by atoms with Crippen LogP contribution in [0, 0.1) is 18.3 Å². The zero-order valence-electron chi connectivity index (χ0n) is 13.3. The third-order valence-corrected chi connectivity index (χ3v) is 3.84. The lowest BCUT2D eigenvalue weighted by atomic mass is 9.85. The molecule has 2 nitrogen and oxygen atoms in total. The maximum Gasteiger partial charge on any atom is 0.103 e. The standard InChI is InChI=1S/C17H26N2/c1-13-10-15(16(2,3)4)9-8-14(13)11-19(7)17(5,6)12-18/h8-10H,11H2,1-7H3. The van der Waals surface area contributed by atoms with E-state index in [1.165, 1.54) is 16.7 Å². The number of nitriles is 1. The van der Waals surface area contributed by atoms with Crippen LogP contribution in [0.15, 0.2) is 18.2 Å². The number of aryl methyl sites for hydroxylation is 1. The first kappa shape index (κ1) is 15.7. The second-order valence-electron chi connectivity index (χ2n) is 6.92. The predicted molar refractivity (Wildman–Crippen MR) is 81.0 cm³/mol. The smallest absolute Gasteiger partial charge is 0.103 e. The lowest BCUT2D eigenvalue weighted by Gasteiger charge is -2.30. The Labute approximate surface area is 118 Å². The summed E-state index contributed by atoms with van der Waals surface area (Å²) in [4.78, 5) is 2.09. The highest BCUT2D eigenvalue weighted by atomic mass is 15.2. The fourth-order valence-electron chi connectivity index (χ4n) is 1.88. The molecule has 19 heavy (non-hydrogen) atoms. The van der Waals surface area contributed by atoms with Crippen molar-refractivity contribution in [3.05, 3.63) is 34.9 Å². The predicted octanol–water partition coefficient (Wildman–Crippen LogP) is 4.03. The van der Waals surface area contributed by atoms with Crippen LogP contribution < -0.4 is 0 Å². The second kappa shape index (κ2) is 5.35. The summed E-state index contributed by atoms with van der Waals surface area (Å²) in [6.45, 7) is 13.5. The molecule has 104 valence electrons. The van der Waals surface area contributed by atoms with Gasteiger partial charge in [-0.1, -0.05) is 39.0 Å². The minimum absolute atomic E-state index is 0.182. The van der Waals surface area contributed by atoms with Crippen molar-refractivity contribution in [2.45, 2.75) is 59.0 Å². The lowest BCUT2D eigenvalue weighted by molar-refractivity contribution is 0.202. The molecule has 0 amide bonds. The summed E-state index contributed by atoms with van der Waals surface area (Å²) >= 11 is 0. The first-order valence-corrected chi connectivity index (χ1v) is 6.80. The average molecular weight is 258 g/mol. The van der Waals surface area contributed by atoms with Crippen LogP contribution in [0.3, 0.4) is 0 Å². The van der Waals surface area contributed by atoms with Crippen LogP contribution >= 0.6 is 0 Å². The normalized spacial score (nSPS) is 12.6. The molecule has 2 heteroatoms. The molecule has 0 spiro atoms. The van der Waals surface area contributed by atoms with Gasteiger partial charge in [-0.15, -0.1) is 0 Å². The van der Waals surface area contributed by atoms with Crippen LogP contribution in [0.1, 0.15) is 51.3 Å². The highest BCUT2D eigenvalue weighted by Gasteiger charge is 2.23. The molecule has 0 bridgehead atoms. The first-order valence-electron chi connectivity index (χ1n) is 6.80. The van der Waals surface area contributed by atoms with Crippen LogP contribution in [-0.2, 0) is 12.0 Å². The summed E-state index contributed by atoms with van der Waals surface area (Å²) in [7, 11) is 2.00. The van der Waals surface area contributed by atoms with Crippen molar-refractivity contribution in [1.29, 1.82) is 5.26 Å². The molecule has 1 rings (SSSR count). The van der Waals surface area contributed by atoms with Gasteiger partial charge in [0.15, 0.2) is 0 Å². The summed E-state index contributed by atoms with van der Waals surface area (Å²) in [5.41, 5.74) is 3.69. The Kier molecular flexibility index (Phi) is 4.43. The topological polar surface area (TPSA) is 27.0 Å². The monoisotopic (exact) mass is 258 g/mol. The molecule has 1 aromatic carbocycles. The van der Waals surface area contributed by atoms with E-state index >= 15 is 0 Å². The molecule has 0 heterocycles. The van der Waals surface area contributed by atoms with Crippen LogP contribution in [0.5, 0.6) is 0 Å². The van der Waals surface area contributed by atoms with E-state index in [0.717, 1.165) is 6.54 Å². The van der Waals surface area contributed by atoms with Crippen molar-refractivity contribution in [1.82, 2.24) is 4.90 Å². The summed E-state index contributed by atoms with van der Waals surface area (Å²) in [6, 6.07) is 9.01. The second-order valence-corrected chi connectivity index (χ2v) is 6.92. The van der Waals surface area contributed by atoms with Crippen molar-refractivity contribution in [2.24, 2.45) is 0 Å². The van der Waals surface area contributed by atoms with Crippen LogP contribution in [-0.4, -0.2) is 17.5 Å². The number of rotatable bonds is 3. The lowest BCUT2D eigenvalue weighted by Crippen LogP contribution is -2.39. The van der Waals surface area contributed by atoms with E-state index in [4.69, 9.17) is 0 Å². The molecular weight excluding hydrogens is 232 g/mol. The number of benzene rings is 1. The van der Waals surface area contributed by atoms with Crippen molar-refractivity contribution >= 4 is 0 Å². The van der Waals surface area contributed by atoms with Gasteiger partial charge in [0.25, 0.3) is 0 Å². The van der Waals surface area contributed by atoms with E-state index in [1.54, 1.807) is 0 Å². The number of hydrogen-bond donors (Lipinski definition) is 0. The largest absolute Gasteiger partial charge is 0.285 e. The highest BCUT2D eigenvalue weighted by Crippen LogP contribution is 2.25. The van der Waals surface area contributed by atoms with Crippen molar-refractivity contribution < 1.29 is 0 Å². The van der Waals surface area contributed by atoms with E-state index in [-0.39, 0.29) is 5.41 Å². The zero-order valence-corrected chi connectivity index (χ0v) is 13.3. The van der Waals surface area contributed by atoms with Gasteiger partial charge in [-0.2, -0.15) is 5.26 Å². The van der Waals surface area contributed by atoms with E-state index in [2.05, 4.69) is 56.9 Å². The molecule has 1 aromatic rings. The highest BCUT2D eigenvalue weighted by molar-refractivity contribution is 5.34. The molecule has 0 fully saturated rings. The van der Waals surface area contributed by atoms with Gasteiger partial charge in [0.2, 0.25) is 0 Å². The number of nitrogens with zero attached hydrogens (tertiary/aromatic N) is 2. The molecule has 0 aromatic heterocycles. The van der Waals surface area contributed by atoms with Gasteiger partial charge in [-0.05, 0) is 49.9 Å². The quantitative estimate of drug-likeness (QED) is 0.818. The minimum atomic E-state index is -0.435. The Bertz CT molecular complexity index is 487. The Morgan fingerprint density at radius 3 is 2.16 bits per heavy atom. The SMILES string of the molecule is Cc1cc(C(C)(C)C)ccc1CN(C)C(C)(C)C#N. The van der Waals surface area contributed by atoms with Crippen LogP contribution in [0.25, 0.3) is 0 Å². The summed E-state index contributed by atoms with van der Waals surface area (Å²) in [6.07, 6.45) is 0. The Morgan fingerprint density at radius 2 is 1.74 bits per heavy atom. The molecule has 0 unspecified atom stereocenters. The van der Waals surface area contributed by atoms with Gasteiger partial charge >= 0.3 is 0 Å². The summed E-state index contributed by atoms with van der Waals surface area (Å²) in [5.74, 6) is 0. The Morgan fingerprint density at radius 1 is 1.16 bits per heavy atom. The van der Waals surface area contributed by atoms with Crippen molar-refractivity contribution in [3.63, 3.8) is 0 Å². The molecule has 0 aliphatic heterocycles. The van der Waals surface area contributed by atoms with Gasteiger partial charge in [0.1, 0.15) is 5.54 Å². The fraction of sp³-hybridized carbons (Fsp3) is 0.588. The first-order chi connectivity index (χ1) is 8.58. The Balaban J connectivity index is 2.97. The van der Waals surface area contributed by atoms with Crippen molar-refractivity contribution in [3.8, 4) is 6.07 Å². The van der Waals surface area contributed by atoms with Gasteiger partial charge in [0.05, 0.1) is 6.07 Å². The maximum atomic E-state index is 9.17. The van der Waals surface area contributed by atoms with E-state index in [1.807, 2.05) is 20.9 Å². The third kappa shape index (κ3) is 3.81. The van der Waals surface area contributed by atoms with Gasteiger partial charge in [0, 0.05) is 6.54 Å². The van der Waals surface area contributed by atoms with E-state index < -0.39 is 5.54 Å². The minimum Gasteiger partial charge on any atom is -0.285 e. The molecule has 0 saturated carbocycles. The van der Waals surface area contributed by atoms with Gasteiger partial charge < -0.3 is 0 Å². The zero-order chi connectivity index (χ0) is 14.8. The van der Waals surface area contributed by atoms with Crippen LogP contribution in [0.4, 0.5) is 0 Å².